The Kier molecular flexibility index (Phi) is 7.47. The van der Waals surface area contributed by atoms with Gasteiger partial charge in [0.05, 0.1) is 6.61 Å². The summed E-state index contributed by atoms with van der Waals surface area (Å²) in [5.74, 6) is 1.64. The maximum absolute atomic E-state index is 6.08. The minimum Gasteiger partial charge on any atom is -0.520 e. The molecule has 1 aliphatic rings. The fourth-order valence-corrected chi connectivity index (χ4v) is 6.30. The van der Waals surface area contributed by atoms with Gasteiger partial charge in [-0.2, -0.15) is 0 Å². The molecule has 0 aliphatic carbocycles. The fourth-order valence-electron chi connectivity index (χ4n) is 2.61. The summed E-state index contributed by atoms with van der Waals surface area (Å²) in [6.45, 7) is 12.1. The molecule has 0 radical (unpaired) electrons. The zero-order valence-electron chi connectivity index (χ0n) is 15.9. The molecule has 1 atom stereocenters. The van der Waals surface area contributed by atoms with Crippen molar-refractivity contribution in [3.8, 4) is 11.5 Å². The number of ether oxygens (including phenoxy) is 1. The molecule has 0 fully saturated rings. The third-order valence-corrected chi connectivity index (χ3v) is 9.42. The molecule has 8 heteroatoms. The van der Waals surface area contributed by atoms with Gasteiger partial charge in [-0.05, 0) is 51.6 Å². The lowest BCUT2D eigenvalue weighted by Crippen LogP contribution is -2.51. The summed E-state index contributed by atoms with van der Waals surface area (Å²) >= 11 is 0. The largest absolute Gasteiger partial charge is 0.540 e. The van der Waals surface area contributed by atoms with Crippen molar-refractivity contribution >= 4 is 17.4 Å². The van der Waals surface area contributed by atoms with Gasteiger partial charge >= 0.3 is 17.4 Å². The summed E-state index contributed by atoms with van der Waals surface area (Å²) in [6, 6.07) is 6.76. The lowest BCUT2D eigenvalue weighted by molar-refractivity contribution is 0.0541. The van der Waals surface area contributed by atoms with E-state index in [1.165, 1.54) is 0 Å². The van der Waals surface area contributed by atoms with E-state index in [2.05, 4.69) is 13.5 Å². The molecule has 0 spiro atoms. The summed E-state index contributed by atoms with van der Waals surface area (Å²) in [5.41, 5.74) is 1.01. The normalized spacial score (nSPS) is 20.0. The molecular formula is C17H30O6Si2. The van der Waals surface area contributed by atoms with Gasteiger partial charge in [0.25, 0.3) is 0 Å². The number of benzene rings is 1. The molecule has 0 amide bonds. The average molecular weight is 387 g/mol. The first-order chi connectivity index (χ1) is 12.0. The van der Waals surface area contributed by atoms with Crippen molar-refractivity contribution < 1.29 is 26.9 Å². The van der Waals surface area contributed by atoms with Crippen LogP contribution in [0.2, 0.25) is 12.6 Å². The molecule has 0 saturated heterocycles. The van der Waals surface area contributed by atoms with Crippen molar-refractivity contribution in [1.29, 1.82) is 0 Å². The molecule has 0 aromatic heterocycles. The standard InChI is InChI=1S/C17H30O6Si2/c1-6-19-25(20-7-2,21-8-3)14-18-16-10-11-17-15(12-16)13-22-24(5,9-4)23-17/h10-12H,6-9,13-14H2,1-5H3. The van der Waals surface area contributed by atoms with Crippen molar-refractivity contribution in [2.75, 3.05) is 26.1 Å². The van der Waals surface area contributed by atoms with E-state index in [0.717, 1.165) is 23.1 Å². The zero-order chi connectivity index (χ0) is 18.3. The second kappa shape index (κ2) is 9.15. The van der Waals surface area contributed by atoms with Crippen molar-refractivity contribution in [2.45, 2.75) is 46.9 Å². The second-order valence-electron chi connectivity index (χ2n) is 5.92. The lowest BCUT2D eigenvalue weighted by Gasteiger charge is -2.33. The third kappa shape index (κ3) is 5.29. The quantitative estimate of drug-likeness (QED) is 0.572. The molecule has 0 bridgehead atoms. The molecule has 0 saturated carbocycles. The summed E-state index contributed by atoms with van der Waals surface area (Å²) in [6.07, 6.45) is 0.282. The van der Waals surface area contributed by atoms with Crippen LogP contribution in [0.1, 0.15) is 33.3 Å². The summed E-state index contributed by atoms with van der Waals surface area (Å²) < 4.78 is 35.4. The highest BCUT2D eigenvalue weighted by Crippen LogP contribution is 2.33. The number of hydrogen-bond acceptors (Lipinski definition) is 6. The third-order valence-electron chi connectivity index (χ3n) is 4.04. The van der Waals surface area contributed by atoms with Crippen LogP contribution in [0.4, 0.5) is 0 Å². The van der Waals surface area contributed by atoms with Crippen molar-refractivity contribution in [3.05, 3.63) is 23.8 Å². The van der Waals surface area contributed by atoms with E-state index < -0.39 is 17.4 Å². The lowest BCUT2D eigenvalue weighted by atomic mass is 10.2. The Morgan fingerprint density at radius 1 is 1.04 bits per heavy atom. The minimum absolute atomic E-state index is 0.282. The summed E-state index contributed by atoms with van der Waals surface area (Å²) in [7, 11) is -4.87. The highest BCUT2D eigenvalue weighted by molar-refractivity contribution is 6.66. The van der Waals surface area contributed by atoms with Crippen LogP contribution in [-0.2, 0) is 24.3 Å². The van der Waals surface area contributed by atoms with E-state index in [1.807, 2.05) is 39.0 Å². The van der Waals surface area contributed by atoms with Crippen LogP contribution >= 0.6 is 0 Å². The Hall–Kier alpha value is -0.906. The Morgan fingerprint density at radius 2 is 1.68 bits per heavy atom. The minimum atomic E-state index is -2.82. The number of rotatable bonds is 10. The predicted octanol–water partition coefficient (Wildman–Crippen LogP) is 3.65. The van der Waals surface area contributed by atoms with Crippen molar-refractivity contribution in [2.24, 2.45) is 0 Å². The van der Waals surface area contributed by atoms with Crippen LogP contribution in [0.3, 0.4) is 0 Å². The van der Waals surface area contributed by atoms with Crippen LogP contribution in [0.25, 0.3) is 0 Å². The molecule has 25 heavy (non-hydrogen) atoms. The Morgan fingerprint density at radius 3 is 2.24 bits per heavy atom. The summed E-state index contributed by atoms with van der Waals surface area (Å²) in [4.78, 5) is 0. The molecule has 142 valence electrons. The van der Waals surface area contributed by atoms with Crippen molar-refractivity contribution in [1.82, 2.24) is 0 Å². The average Bonchev–Trinajstić information content (AvgIpc) is 2.61. The molecule has 1 aromatic carbocycles. The van der Waals surface area contributed by atoms with Crippen LogP contribution in [0, 0.1) is 0 Å². The first-order valence-electron chi connectivity index (χ1n) is 9.00. The van der Waals surface area contributed by atoms with E-state index >= 15 is 0 Å². The van der Waals surface area contributed by atoms with Gasteiger partial charge in [-0.25, -0.2) is 0 Å². The summed E-state index contributed by atoms with van der Waals surface area (Å²) in [5, 5.41) is 0. The van der Waals surface area contributed by atoms with Gasteiger partial charge in [0, 0.05) is 25.4 Å². The number of hydrogen-bond donors (Lipinski definition) is 0. The van der Waals surface area contributed by atoms with Crippen molar-refractivity contribution in [3.63, 3.8) is 0 Å². The zero-order valence-corrected chi connectivity index (χ0v) is 17.9. The van der Waals surface area contributed by atoms with Crippen LogP contribution in [0.15, 0.2) is 18.2 Å². The maximum Gasteiger partial charge on any atom is 0.540 e. The molecule has 1 aromatic rings. The SMILES string of the molecule is CCO[Si](COc1ccc2c(c1)CO[Si](C)(CC)O2)(OCC)OCC. The van der Waals surface area contributed by atoms with Gasteiger partial charge in [0.2, 0.25) is 0 Å². The first-order valence-corrected chi connectivity index (χ1v) is 13.5. The van der Waals surface area contributed by atoms with Crippen LogP contribution in [0.5, 0.6) is 11.5 Å². The molecule has 1 heterocycles. The molecular weight excluding hydrogens is 356 g/mol. The van der Waals surface area contributed by atoms with E-state index in [4.69, 9.17) is 26.9 Å². The van der Waals surface area contributed by atoms with Gasteiger partial charge in [0.15, 0.2) is 6.23 Å². The van der Waals surface area contributed by atoms with E-state index in [1.54, 1.807) is 0 Å². The van der Waals surface area contributed by atoms with Gasteiger partial charge in [0.1, 0.15) is 11.5 Å². The maximum atomic E-state index is 6.08. The molecule has 6 nitrogen and oxygen atoms in total. The smallest absolute Gasteiger partial charge is 0.520 e. The first kappa shape index (κ1) is 20.4. The monoisotopic (exact) mass is 386 g/mol. The molecule has 1 unspecified atom stereocenters. The topological polar surface area (TPSA) is 55.4 Å². The highest BCUT2D eigenvalue weighted by atomic mass is 28.4. The Labute approximate surface area is 152 Å². The van der Waals surface area contributed by atoms with Crippen LogP contribution in [-0.4, -0.2) is 43.4 Å². The van der Waals surface area contributed by atoms with E-state index in [9.17, 15) is 0 Å². The highest BCUT2D eigenvalue weighted by Gasteiger charge is 2.42. The number of fused-ring (bicyclic) bond motifs is 1. The van der Waals surface area contributed by atoms with E-state index in [0.29, 0.717) is 26.4 Å². The van der Waals surface area contributed by atoms with Gasteiger partial charge in [-0.15, -0.1) is 0 Å². The fraction of sp³-hybridized carbons (Fsp3) is 0.647. The Balaban J connectivity index is 2.07. The van der Waals surface area contributed by atoms with E-state index in [-0.39, 0.29) is 6.23 Å². The van der Waals surface area contributed by atoms with Crippen LogP contribution < -0.4 is 9.16 Å². The van der Waals surface area contributed by atoms with Gasteiger partial charge in [-0.1, -0.05) is 6.92 Å². The molecule has 0 N–H and O–H groups in total. The Bertz CT molecular complexity index is 539. The molecule has 1 aliphatic heterocycles. The van der Waals surface area contributed by atoms with Gasteiger partial charge in [-0.3, -0.25) is 0 Å². The second-order valence-corrected chi connectivity index (χ2v) is 11.9. The van der Waals surface area contributed by atoms with Gasteiger partial charge < -0.3 is 26.9 Å². The predicted molar refractivity (Wildman–Crippen MR) is 100 cm³/mol. The molecule has 2 rings (SSSR count).